The highest BCUT2D eigenvalue weighted by atomic mass is 79.9. The fourth-order valence-electron chi connectivity index (χ4n) is 0.897. The van der Waals surface area contributed by atoms with E-state index < -0.39 is 0 Å². The number of hydrogen-bond acceptors (Lipinski definition) is 4. The largest absolute Gasteiger partial charge is 0.381 e. The maximum absolute atomic E-state index is 10.9. The number of nitrogens with zero attached hydrogens (tertiary/aromatic N) is 2. The topological polar surface area (TPSA) is 80.9 Å². The van der Waals surface area contributed by atoms with Gasteiger partial charge in [-0.05, 0) is 22.4 Å². The summed E-state index contributed by atoms with van der Waals surface area (Å²) in [6.45, 7) is 0. The van der Waals surface area contributed by atoms with Crippen LogP contribution in [0.1, 0.15) is 12.1 Å². The van der Waals surface area contributed by atoms with Gasteiger partial charge in [0.05, 0.1) is 11.9 Å². The molecule has 5 nitrogen and oxygen atoms in total. The van der Waals surface area contributed by atoms with Crippen LogP contribution in [0.3, 0.4) is 0 Å². The number of halogens is 1. The molecular formula is C8H11BrN4O. The van der Waals surface area contributed by atoms with E-state index in [1.807, 2.05) is 0 Å². The zero-order chi connectivity index (χ0) is 10.6. The second kappa shape index (κ2) is 4.90. The molecule has 0 spiro atoms. The Morgan fingerprint density at radius 1 is 1.71 bits per heavy atom. The van der Waals surface area contributed by atoms with Gasteiger partial charge in [-0.25, -0.2) is 9.97 Å². The number of carbonyl (C=O) groups is 1. The van der Waals surface area contributed by atoms with Crippen LogP contribution in [-0.4, -0.2) is 22.9 Å². The molecule has 0 saturated carbocycles. The predicted octanol–water partition coefficient (Wildman–Crippen LogP) is 0.500. The molecule has 0 saturated heterocycles. The monoisotopic (exact) mass is 258 g/mol. The molecule has 0 atom stereocenters. The Morgan fingerprint density at radius 2 is 2.43 bits per heavy atom. The third kappa shape index (κ3) is 2.95. The van der Waals surface area contributed by atoms with Crippen molar-refractivity contribution in [3.8, 4) is 0 Å². The number of aryl methyl sites for hydroxylation is 1. The molecule has 0 fully saturated rings. The lowest BCUT2D eigenvalue weighted by atomic mass is 10.2. The normalized spacial score (nSPS) is 9.86. The van der Waals surface area contributed by atoms with Gasteiger partial charge in [-0.15, -0.1) is 0 Å². The van der Waals surface area contributed by atoms with Crippen LogP contribution in [0.25, 0.3) is 0 Å². The molecule has 76 valence electrons. The van der Waals surface area contributed by atoms with E-state index in [0.717, 1.165) is 5.69 Å². The van der Waals surface area contributed by atoms with Crippen LogP contribution in [0, 0.1) is 0 Å². The van der Waals surface area contributed by atoms with Crippen LogP contribution in [-0.2, 0) is 11.2 Å². The van der Waals surface area contributed by atoms with E-state index in [9.17, 15) is 4.79 Å². The third-order valence-electron chi connectivity index (χ3n) is 1.69. The van der Waals surface area contributed by atoms with E-state index in [4.69, 9.17) is 5.73 Å². The first-order chi connectivity index (χ1) is 6.63. The Morgan fingerprint density at radius 3 is 3.00 bits per heavy atom. The summed E-state index contributed by atoms with van der Waals surface area (Å²) < 4.78 is 0.520. The molecule has 3 N–H and O–H groups in total. The SMILES string of the molecule is CNC(=O)CCc1cnc(N)c(Br)n1. The number of nitrogens with two attached hydrogens (primary N) is 1. The zero-order valence-electron chi connectivity index (χ0n) is 7.75. The second-order valence-electron chi connectivity index (χ2n) is 2.71. The van der Waals surface area contributed by atoms with Crippen LogP contribution in [0.15, 0.2) is 10.8 Å². The Balaban J connectivity index is 2.60. The fourth-order valence-corrected chi connectivity index (χ4v) is 1.23. The third-order valence-corrected chi connectivity index (χ3v) is 2.28. The summed E-state index contributed by atoms with van der Waals surface area (Å²) in [5, 5.41) is 2.54. The van der Waals surface area contributed by atoms with Gasteiger partial charge in [0.1, 0.15) is 4.60 Å². The number of hydrogen-bond donors (Lipinski definition) is 2. The van der Waals surface area contributed by atoms with Crippen molar-refractivity contribution in [1.82, 2.24) is 15.3 Å². The van der Waals surface area contributed by atoms with Crippen LogP contribution < -0.4 is 11.1 Å². The minimum atomic E-state index is -0.0141. The smallest absolute Gasteiger partial charge is 0.220 e. The molecule has 1 rings (SSSR count). The number of nitrogen functional groups attached to an aromatic ring is 1. The first-order valence-corrected chi connectivity index (χ1v) is 4.90. The molecule has 14 heavy (non-hydrogen) atoms. The van der Waals surface area contributed by atoms with Gasteiger partial charge < -0.3 is 11.1 Å². The Labute approximate surface area is 90.2 Å². The van der Waals surface area contributed by atoms with Gasteiger partial charge in [0.15, 0.2) is 5.82 Å². The average Bonchev–Trinajstić information content (AvgIpc) is 2.19. The maximum atomic E-state index is 10.9. The molecule has 0 aliphatic carbocycles. The van der Waals surface area contributed by atoms with Crippen molar-refractivity contribution >= 4 is 27.7 Å². The molecule has 0 radical (unpaired) electrons. The lowest BCUT2D eigenvalue weighted by molar-refractivity contribution is -0.120. The van der Waals surface area contributed by atoms with Crippen molar-refractivity contribution in [2.75, 3.05) is 12.8 Å². The van der Waals surface area contributed by atoms with Crippen LogP contribution in [0.2, 0.25) is 0 Å². The van der Waals surface area contributed by atoms with Gasteiger partial charge in [0, 0.05) is 13.5 Å². The van der Waals surface area contributed by atoms with E-state index in [1.54, 1.807) is 13.2 Å². The zero-order valence-corrected chi connectivity index (χ0v) is 9.34. The molecule has 6 heteroatoms. The second-order valence-corrected chi connectivity index (χ2v) is 3.46. The summed E-state index contributed by atoms with van der Waals surface area (Å²) in [6.07, 6.45) is 2.54. The molecule has 0 aromatic carbocycles. The highest BCUT2D eigenvalue weighted by Gasteiger charge is 2.03. The van der Waals surface area contributed by atoms with Gasteiger partial charge in [-0.3, -0.25) is 4.79 Å². The minimum absolute atomic E-state index is 0.0141. The summed E-state index contributed by atoms with van der Waals surface area (Å²) >= 11 is 3.17. The summed E-state index contributed by atoms with van der Waals surface area (Å²) in [6, 6.07) is 0. The number of nitrogens with one attached hydrogen (secondary N) is 1. The lowest BCUT2D eigenvalue weighted by Crippen LogP contribution is -2.18. The highest BCUT2D eigenvalue weighted by Crippen LogP contribution is 2.13. The van der Waals surface area contributed by atoms with Crippen molar-refractivity contribution in [2.24, 2.45) is 0 Å². The molecule has 0 bridgehead atoms. The molecule has 1 aromatic rings. The van der Waals surface area contributed by atoms with Crippen molar-refractivity contribution < 1.29 is 4.79 Å². The Bertz CT molecular complexity index is 342. The van der Waals surface area contributed by atoms with Gasteiger partial charge in [0.2, 0.25) is 5.91 Å². The average molecular weight is 259 g/mol. The van der Waals surface area contributed by atoms with Crippen molar-refractivity contribution in [3.05, 3.63) is 16.5 Å². The van der Waals surface area contributed by atoms with E-state index in [0.29, 0.717) is 23.3 Å². The number of amides is 1. The summed E-state index contributed by atoms with van der Waals surface area (Å²) in [5.41, 5.74) is 6.22. The Hall–Kier alpha value is -1.17. The highest BCUT2D eigenvalue weighted by molar-refractivity contribution is 9.10. The number of carbonyl (C=O) groups excluding carboxylic acids is 1. The van der Waals surface area contributed by atoms with Gasteiger partial charge in [-0.1, -0.05) is 0 Å². The molecule has 1 aromatic heterocycles. The molecule has 0 aliphatic heterocycles. The van der Waals surface area contributed by atoms with Crippen molar-refractivity contribution in [3.63, 3.8) is 0 Å². The first kappa shape index (κ1) is 10.9. The van der Waals surface area contributed by atoms with E-state index in [-0.39, 0.29) is 5.91 Å². The molecule has 0 aliphatic rings. The van der Waals surface area contributed by atoms with Gasteiger partial charge in [0.25, 0.3) is 0 Å². The molecule has 1 heterocycles. The number of rotatable bonds is 3. The quantitative estimate of drug-likeness (QED) is 0.828. The van der Waals surface area contributed by atoms with Crippen LogP contribution in [0.5, 0.6) is 0 Å². The maximum Gasteiger partial charge on any atom is 0.220 e. The van der Waals surface area contributed by atoms with Crippen LogP contribution >= 0.6 is 15.9 Å². The Kier molecular flexibility index (Phi) is 3.82. The van der Waals surface area contributed by atoms with E-state index in [2.05, 4.69) is 31.2 Å². The predicted molar refractivity (Wildman–Crippen MR) is 56.5 cm³/mol. The lowest BCUT2D eigenvalue weighted by Gasteiger charge is -2.01. The number of aromatic nitrogens is 2. The molecular weight excluding hydrogens is 248 g/mol. The van der Waals surface area contributed by atoms with Crippen molar-refractivity contribution in [2.45, 2.75) is 12.8 Å². The first-order valence-electron chi connectivity index (χ1n) is 4.11. The molecule has 1 amide bonds. The van der Waals surface area contributed by atoms with Gasteiger partial charge in [-0.2, -0.15) is 0 Å². The van der Waals surface area contributed by atoms with E-state index in [1.165, 1.54) is 0 Å². The van der Waals surface area contributed by atoms with Crippen molar-refractivity contribution in [1.29, 1.82) is 0 Å². The fraction of sp³-hybridized carbons (Fsp3) is 0.375. The minimum Gasteiger partial charge on any atom is -0.381 e. The number of anilines is 1. The summed E-state index contributed by atoms with van der Waals surface area (Å²) in [4.78, 5) is 19.0. The van der Waals surface area contributed by atoms with E-state index >= 15 is 0 Å². The summed E-state index contributed by atoms with van der Waals surface area (Å²) in [7, 11) is 1.60. The molecule has 0 unspecified atom stereocenters. The summed E-state index contributed by atoms with van der Waals surface area (Å²) in [5.74, 6) is 0.341. The van der Waals surface area contributed by atoms with Crippen LogP contribution in [0.4, 0.5) is 5.82 Å². The standard InChI is InChI=1S/C8H11BrN4O/c1-11-6(14)3-2-5-4-12-8(10)7(9)13-5/h4H,2-3H2,1H3,(H2,10,12)(H,11,14). The van der Waals surface area contributed by atoms with Gasteiger partial charge >= 0.3 is 0 Å².